The van der Waals surface area contributed by atoms with Crippen LogP contribution in [-0.2, 0) is 4.74 Å². The lowest BCUT2D eigenvalue weighted by Crippen LogP contribution is -2.43. The normalized spacial score (nSPS) is 39.5. The van der Waals surface area contributed by atoms with Gasteiger partial charge in [-0.15, -0.1) is 0 Å². The number of ether oxygens (including phenoxy) is 1. The Morgan fingerprint density at radius 2 is 1.91 bits per heavy atom. The molecule has 0 amide bonds. The molecule has 66 valence electrons. The molecule has 0 radical (unpaired) electrons. The van der Waals surface area contributed by atoms with Gasteiger partial charge in [0.2, 0.25) is 0 Å². The van der Waals surface area contributed by atoms with Crippen molar-refractivity contribution in [2.75, 3.05) is 20.7 Å². The van der Waals surface area contributed by atoms with Crippen LogP contribution in [0.2, 0.25) is 0 Å². The van der Waals surface area contributed by atoms with E-state index in [1.54, 1.807) is 0 Å². The van der Waals surface area contributed by atoms with Gasteiger partial charge in [0.15, 0.2) is 0 Å². The van der Waals surface area contributed by atoms with E-state index in [-0.39, 0.29) is 0 Å². The quantitative estimate of drug-likeness (QED) is 0.570. The second kappa shape index (κ2) is 3.55. The summed E-state index contributed by atoms with van der Waals surface area (Å²) in [6.45, 7) is 5.34. The highest BCUT2D eigenvalue weighted by Gasteiger charge is 2.27. The van der Waals surface area contributed by atoms with Gasteiger partial charge in [-0.1, -0.05) is 6.92 Å². The lowest BCUT2D eigenvalue weighted by Gasteiger charge is -2.37. The Morgan fingerprint density at radius 3 is 2.36 bits per heavy atom. The van der Waals surface area contributed by atoms with Crippen LogP contribution >= 0.6 is 0 Å². The van der Waals surface area contributed by atoms with Gasteiger partial charge in [0.1, 0.15) is 0 Å². The lowest BCUT2D eigenvalue weighted by atomic mass is 9.94. The molecule has 0 aromatic carbocycles. The van der Waals surface area contributed by atoms with Crippen LogP contribution in [-0.4, -0.2) is 37.7 Å². The Morgan fingerprint density at radius 1 is 1.27 bits per heavy atom. The zero-order valence-electron chi connectivity index (χ0n) is 8.00. The Hall–Kier alpha value is -0.0800. The fourth-order valence-corrected chi connectivity index (χ4v) is 1.79. The minimum absolute atomic E-state index is 0.443. The van der Waals surface area contributed by atoms with Gasteiger partial charge in [-0.05, 0) is 33.4 Å². The van der Waals surface area contributed by atoms with Gasteiger partial charge in [-0.3, -0.25) is 0 Å². The van der Waals surface area contributed by atoms with Crippen LogP contribution in [0.15, 0.2) is 0 Å². The van der Waals surface area contributed by atoms with E-state index in [1.165, 1.54) is 6.42 Å². The summed E-state index contributed by atoms with van der Waals surface area (Å²) in [4.78, 5) is 2.31. The maximum Gasteiger partial charge on any atom is 0.0562 e. The van der Waals surface area contributed by atoms with E-state index in [0.717, 1.165) is 6.61 Å². The molecule has 0 aromatic heterocycles. The minimum atomic E-state index is 0.443. The molecule has 1 fully saturated rings. The molecule has 0 spiro atoms. The number of hydrogen-bond donors (Lipinski definition) is 0. The van der Waals surface area contributed by atoms with Crippen molar-refractivity contribution in [3.8, 4) is 0 Å². The molecule has 1 rings (SSSR count). The first-order valence-electron chi connectivity index (χ1n) is 4.39. The van der Waals surface area contributed by atoms with Gasteiger partial charge in [0, 0.05) is 6.04 Å². The van der Waals surface area contributed by atoms with Crippen molar-refractivity contribution in [2.24, 2.45) is 5.92 Å². The van der Waals surface area contributed by atoms with Gasteiger partial charge < -0.3 is 9.64 Å². The van der Waals surface area contributed by atoms with E-state index in [1.807, 2.05) is 0 Å². The summed E-state index contributed by atoms with van der Waals surface area (Å²) in [6, 6.07) is 0.707. The molecule has 1 saturated heterocycles. The molecule has 0 aromatic rings. The van der Waals surface area contributed by atoms with E-state index in [9.17, 15) is 0 Å². The largest absolute Gasteiger partial charge is 0.378 e. The van der Waals surface area contributed by atoms with Crippen LogP contribution in [0.1, 0.15) is 20.3 Å². The van der Waals surface area contributed by atoms with Crippen LogP contribution in [0.25, 0.3) is 0 Å². The zero-order valence-corrected chi connectivity index (χ0v) is 8.00. The second-order valence-electron chi connectivity index (χ2n) is 3.89. The molecular formula is C9H19NO. The maximum absolute atomic E-state index is 5.54. The Balaban J connectivity index is 2.47. The molecule has 1 aliphatic heterocycles. The standard InChI is InChI=1S/C9H19NO/c1-7-6-11-8(2)5-9(7)10(3)4/h7-9H,5-6H2,1-4H3. The first-order chi connectivity index (χ1) is 5.11. The highest BCUT2D eigenvalue weighted by atomic mass is 16.5. The van der Waals surface area contributed by atoms with Crippen molar-refractivity contribution in [1.29, 1.82) is 0 Å². The average molecular weight is 157 g/mol. The Bertz CT molecular complexity index is 125. The third-order valence-electron chi connectivity index (χ3n) is 2.54. The van der Waals surface area contributed by atoms with E-state index in [2.05, 4.69) is 32.8 Å². The topological polar surface area (TPSA) is 12.5 Å². The molecule has 2 nitrogen and oxygen atoms in total. The Labute approximate surface area is 69.5 Å². The fourth-order valence-electron chi connectivity index (χ4n) is 1.79. The molecule has 3 atom stereocenters. The van der Waals surface area contributed by atoms with Gasteiger partial charge in [-0.2, -0.15) is 0 Å². The van der Waals surface area contributed by atoms with Crippen LogP contribution in [0.3, 0.4) is 0 Å². The number of hydrogen-bond acceptors (Lipinski definition) is 2. The molecule has 11 heavy (non-hydrogen) atoms. The molecule has 1 aliphatic rings. The SMILES string of the molecule is CC1CC(N(C)C)C(C)CO1. The summed E-state index contributed by atoms with van der Waals surface area (Å²) in [5.74, 6) is 0.682. The van der Waals surface area contributed by atoms with Crippen LogP contribution < -0.4 is 0 Å². The van der Waals surface area contributed by atoms with Crippen molar-refractivity contribution in [3.05, 3.63) is 0 Å². The number of nitrogens with zero attached hydrogens (tertiary/aromatic N) is 1. The lowest BCUT2D eigenvalue weighted by molar-refractivity contribution is -0.0402. The third-order valence-corrected chi connectivity index (χ3v) is 2.54. The number of rotatable bonds is 1. The van der Waals surface area contributed by atoms with Gasteiger partial charge in [-0.25, -0.2) is 0 Å². The van der Waals surface area contributed by atoms with Gasteiger partial charge >= 0.3 is 0 Å². The van der Waals surface area contributed by atoms with Crippen LogP contribution in [0, 0.1) is 5.92 Å². The van der Waals surface area contributed by atoms with Crippen molar-refractivity contribution in [1.82, 2.24) is 4.90 Å². The first kappa shape index (κ1) is 9.01. The van der Waals surface area contributed by atoms with E-state index < -0.39 is 0 Å². The molecule has 0 saturated carbocycles. The van der Waals surface area contributed by atoms with Crippen LogP contribution in [0.4, 0.5) is 0 Å². The molecule has 1 heterocycles. The van der Waals surface area contributed by atoms with E-state index in [0.29, 0.717) is 18.1 Å². The average Bonchev–Trinajstić information content (AvgIpc) is 1.94. The molecule has 3 unspecified atom stereocenters. The van der Waals surface area contributed by atoms with Crippen molar-refractivity contribution >= 4 is 0 Å². The molecule has 0 aliphatic carbocycles. The molecule has 0 bridgehead atoms. The summed E-state index contributed by atoms with van der Waals surface area (Å²) in [7, 11) is 4.30. The highest BCUT2D eigenvalue weighted by molar-refractivity contribution is 4.79. The zero-order chi connectivity index (χ0) is 8.43. The van der Waals surface area contributed by atoms with Gasteiger partial charge in [0.05, 0.1) is 12.7 Å². The van der Waals surface area contributed by atoms with E-state index >= 15 is 0 Å². The summed E-state index contributed by atoms with van der Waals surface area (Å²) in [5, 5.41) is 0. The van der Waals surface area contributed by atoms with Crippen LogP contribution in [0.5, 0.6) is 0 Å². The molecular weight excluding hydrogens is 138 g/mol. The summed E-state index contributed by atoms with van der Waals surface area (Å²) < 4.78 is 5.54. The summed E-state index contributed by atoms with van der Waals surface area (Å²) >= 11 is 0. The monoisotopic (exact) mass is 157 g/mol. The Kier molecular flexibility index (Phi) is 2.90. The summed E-state index contributed by atoms with van der Waals surface area (Å²) in [6.07, 6.45) is 1.62. The molecule has 0 N–H and O–H groups in total. The fraction of sp³-hybridized carbons (Fsp3) is 1.00. The highest BCUT2D eigenvalue weighted by Crippen LogP contribution is 2.21. The maximum atomic E-state index is 5.54. The predicted octanol–water partition coefficient (Wildman–Crippen LogP) is 1.36. The van der Waals surface area contributed by atoms with Crippen molar-refractivity contribution in [3.63, 3.8) is 0 Å². The minimum Gasteiger partial charge on any atom is -0.378 e. The van der Waals surface area contributed by atoms with Gasteiger partial charge in [0.25, 0.3) is 0 Å². The first-order valence-corrected chi connectivity index (χ1v) is 4.39. The smallest absolute Gasteiger partial charge is 0.0562 e. The third kappa shape index (κ3) is 2.17. The molecule has 2 heteroatoms. The summed E-state index contributed by atoms with van der Waals surface area (Å²) in [5.41, 5.74) is 0. The predicted molar refractivity (Wildman–Crippen MR) is 46.7 cm³/mol. The second-order valence-corrected chi connectivity index (χ2v) is 3.89. The van der Waals surface area contributed by atoms with E-state index in [4.69, 9.17) is 4.74 Å². The van der Waals surface area contributed by atoms with Crippen molar-refractivity contribution in [2.45, 2.75) is 32.4 Å². The van der Waals surface area contributed by atoms with Crippen molar-refractivity contribution < 1.29 is 4.74 Å².